The first-order valence-electron chi connectivity index (χ1n) is 10.0. The topological polar surface area (TPSA) is 137 Å². The molecular formula is C22H21FN4O6. The van der Waals surface area contributed by atoms with E-state index < -0.39 is 34.8 Å². The summed E-state index contributed by atoms with van der Waals surface area (Å²) in [7, 11) is 0. The van der Waals surface area contributed by atoms with E-state index in [0.29, 0.717) is 5.56 Å². The van der Waals surface area contributed by atoms with E-state index in [1.54, 1.807) is 13.8 Å². The smallest absolute Gasteiger partial charge is 0.329 e. The fourth-order valence-corrected chi connectivity index (χ4v) is 2.90. The summed E-state index contributed by atoms with van der Waals surface area (Å²) >= 11 is 0. The second-order valence-corrected chi connectivity index (χ2v) is 7.50. The lowest BCUT2D eigenvalue weighted by molar-refractivity contribution is -0.384. The highest BCUT2D eigenvalue weighted by atomic mass is 19.1. The highest BCUT2D eigenvalue weighted by Crippen LogP contribution is 2.25. The largest absolute Gasteiger partial charge is 0.451 e. The number of carbonyl (C=O) groups is 2. The molecule has 0 saturated heterocycles. The van der Waals surface area contributed by atoms with Crippen LogP contribution in [0.5, 0.6) is 0 Å². The third-order valence-corrected chi connectivity index (χ3v) is 4.73. The summed E-state index contributed by atoms with van der Waals surface area (Å²) in [5.74, 6) is -2.45. The van der Waals surface area contributed by atoms with E-state index in [2.05, 4.69) is 15.5 Å². The Morgan fingerprint density at radius 2 is 1.76 bits per heavy atom. The summed E-state index contributed by atoms with van der Waals surface area (Å²) in [6, 6.07) is 9.90. The molecule has 33 heavy (non-hydrogen) atoms. The van der Waals surface area contributed by atoms with Gasteiger partial charge in [0.15, 0.2) is 6.10 Å². The third kappa shape index (κ3) is 5.56. The van der Waals surface area contributed by atoms with Crippen molar-refractivity contribution in [1.29, 1.82) is 0 Å². The molecule has 2 aromatic carbocycles. The molecule has 3 rings (SSSR count). The van der Waals surface area contributed by atoms with Gasteiger partial charge in [-0.05, 0) is 37.1 Å². The Morgan fingerprint density at radius 1 is 1.09 bits per heavy atom. The lowest BCUT2D eigenvalue weighted by Gasteiger charge is -2.22. The molecule has 0 bridgehead atoms. The van der Waals surface area contributed by atoms with E-state index in [-0.39, 0.29) is 29.0 Å². The van der Waals surface area contributed by atoms with Crippen LogP contribution in [0.4, 0.5) is 10.1 Å². The number of non-ortho nitro benzene ring substituents is 1. The normalized spacial score (nSPS) is 12.8. The molecule has 10 nitrogen and oxygen atoms in total. The molecule has 1 N–H and O–H groups in total. The zero-order chi connectivity index (χ0) is 24.1. The summed E-state index contributed by atoms with van der Waals surface area (Å²) in [4.78, 5) is 35.4. The number of nitro groups is 1. The zero-order valence-corrected chi connectivity index (χ0v) is 18.0. The van der Waals surface area contributed by atoms with Crippen LogP contribution in [-0.2, 0) is 9.53 Å². The molecular weight excluding hydrogens is 435 g/mol. The van der Waals surface area contributed by atoms with Gasteiger partial charge in [-0.15, -0.1) is 10.2 Å². The van der Waals surface area contributed by atoms with Crippen molar-refractivity contribution < 1.29 is 28.1 Å². The Labute approximate surface area is 187 Å². The Balaban J connectivity index is 1.68. The number of hydrogen-bond donors (Lipinski definition) is 1. The summed E-state index contributed by atoms with van der Waals surface area (Å²) in [5.41, 5.74) is 0.182. The molecule has 0 spiro atoms. The predicted octanol–water partition coefficient (Wildman–Crippen LogP) is 3.84. The molecule has 11 heteroatoms. The number of halogens is 1. The minimum absolute atomic E-state index is 0.000334. The molecule has 2 atom stereocenters. The number of ether oxygens (including phenoxy) is 1. The van der Waals surface area contributed by atoms with Crippen LogP contribution in [0.25, 0.3) is 11.5 Å². The number of esters is 1. The fourth-order valence-electron chi connectivity index (χ4n) is 2.90. The van der Waals surface area contributed by atoms with E-state index in [9.17, 15) is 24.1 Å². The Kier molecular flexibility index (Phi) is 7.11. The molecule has 0 saturated carbocycles. The second kappa shape index (κ2) is 9.98. The van der Waals surface area contributed by atoms with Crippen molar-refractivity contribution in [2.24, 2.45) is 5.92 Å². The van der Waals surface area contributed by atoms with Gasteiger partial charge in [0.05, 0.1) is 10.5 Å². The molecule has 0 aliphatic carbocycles. The molecule has 0 aliphatic rings. The Morgan fingerprint density at radius 3 is 2.36 bits per heavy atom. The zero-order valence-electron chi connectivity index (χ0n) is 18.0. The van der Waals surface area contributed by atoms with Crippen LogP contribution in [0, 0.1) is 21.8 Å². The van der Waals surface area contributed by atoms with Crippen LogP contribution in [0.2, 0.25) is 0 Å². The van der Waals surface area contributed by atoms with E-state index >= 15 is 0 Å². The highest BCUT2D eigenvalue weighted by Gasteiger charge is 2.30. The lowest BCUT2D eigenvalue weighted by atomic mass is 10.0. The first-order valence-corrected chi connectivity index (χ1v) is 10.0. The van der Waals surface area contributed by atoms with E-state index in [1.807, 2.05) is 0 Å². The second-order valence-electron chi connectivity index (χ2n) is 7.50. The number of carbonyl (C=O) groups excluding carboxylic acids is 2. The van der Waals surface area contributed by atoms with E-state index in [4.69, 9.17) is 9.15 Å². The maximum absolute atomic E-state index is 13.9. The number of nitrogens with zero attached hydrogens (tertiary/aromatic N) is 3. The molecule has 0 radical (unpaired) electrons. The fraction of sp³-hybridized carbons (Fsp3) is 0.273. The van der Waals surface area contributed by atoms with Crippen molar-refractivity contribution in [1.82, 2.24) is 15.5 Å². The van der Waals surface area contributed by atoms with Crippen LogP contribution in [0.3, 0.4) is 0 Å². The van der Waals surface area contributed by atoms with Crippen molar-refractivity contribution in [2.45, 2.75) is 32.9 Å². The average Bonchev–Trinajstić information content (AvgIpc) is 3.28. The lowest BCUT2D eigenvalue weighted by Crippen LogP contribution is -2.45. The van der Waals surface area contributed by atoms with Crippen molar-refractivity contribution in [3.05, 3.63) is 75.9 Å². The summed E-state index contributed by atoms with van der Waals surface area (Å²) in [6.45, 7) is 4.93. The van der Waals surface area contributed by atoms with Gasteiger partial charge < -0.3 is 14.5 Å². The van der Waals surface area contributed by atoms with Crippen molar-refractivity contribution >= 4 is 17.6 Å². The number of hydrogen-bond acceptors (Lipinski definition) is 8. The number of nitrogens with one attached hydrogen (secondary N) is 1. The quantitative estimate of drug-likeness (QED) is 0.307. The van der Waals surface area contributed by atoms with Crippen LogP contribution in [0.15, 0.2) is 52.9 Å². The van der Waals surface area contributed by atoms with Gasteiger partial charge in [-0.25, -0.2) is 9.18 Å². The maximum atomic E-state index is 13.9. The van der Waals surface area contributed by atoms with Gasteiger partial charge in [0.2, 0.25) is 5.89 Å². The summed E-state index contributed by atoms with van der Waals surface area (Å²) in [5, 5.41) is 21.0. The number of nitro benzene ring substituents is 1. The van der Waals surface area contributed by atoms with Crippen molar-refractivity contribution in [3.63, 3.8) is 0 Å². The first-order chi connectivity index (χ1) is 15.7. The first kappa shape index (κ1) is 23.5. The van der Waals surface area contributed by atoms with Gasteiger partial charge in [0, 0.05) is 17.7 Å². The molecule has 3 aromatic rings. The molecule has 1 amide bonds. The average molecular weight is 456 g/mol. The standard InChI is InChI=1S/C22H21FN4O6/c1-12(2)18(24-19(28)16-6-4-5-7-17(16)23)22(29)32-13(3)20-25-26-21(33-20)14-8-10-15(11-9-14)27(30)31/h4-13,18H,1-3H3,(H,24,28)/t13-,18-/m0/s1. The Bertz CT molecular complexity index is 1160. The molecule has 0 unspecified atom stereocenters. The minimum Gasteiger partial charge on any atom is -0.451 e. The number of rotatable bonds is 8. The molecule has 0 fully saturated rings. The number of aromatic nitrogens is 2. The predicted molar refractivity (Wildman–Crippen MR) is 113 cm³/mol. The SMILES string of the molecule is CC(C)[C@H](NC(=O)c1ccccc1F)C(=O)O[C@@H](C)c1nnc(-c2ccc([N+](=O)[O-])cc2)o1. The maximum Gasteiger partial charge on any atom is 0.329 e. The van der Waals surface area contributed by atoms with Gasteiger partial charge in [-0.3, -0.25) is 14.9 Å². The van der Waals surface area contributed by atoms with Gasteiger partial charge in [-0.1, -0.05) is 26.0 Å². The molecule has 1 aromatic heterocycles. The van der Waals surface area contributed by atoms with Crippen LogP contribution in [0.1, 0.15) is 43.1 Å². The number of amides is 1. The van der Waals surface area contributed by atoms with Crippen molar-refractivity contribution in [2.75, 3.05) is 0 Å². The third-order valence-electron chi connectivity index (χ3n) is 4.73. The monoisotopic (exact) mass is 456 g/mol. The summed E-state index contributed by atoms with van der Waals surface area (Å²) in [6.07, 6.45) is -0.941. The molecule has 1 heterocycles. The van der Waals surface area contributed by atoms with Gasteiger partial charge >= 0.3 is 5.97 Å². The Hall–Kier alpha value is -4.15. The number of benzene rings is 2. The highest BCUT2D eigenvalue weighted by molar-refractivity contribution is 5.97. The van der Waals surface area contributed by atoms with Crippen LogP contribution >= 0.6 is 0 Å². The van der Waals surface area contributed by atoms with Crippen LogP contribution < -0.4 is 5.32 Å². The van der Waals surface area contributed by atoms with Gasteiger partial charge in [-0.2, -0.15) is 0 Å². The van der Waals surface area contributed by atoms with E-state index in [1.165, 1.54) is 49.4 Å². The van der Waals surface area contributed by atoms with Gasteiger partial charge in [0.25, 0.3) is 17.5 Å². The molecule has 172 valence electrons. The summed E-state index contributed by atoms with van der Waals surface area (Å²) < 4.78 is 24.8. The minimum atomic E-state index is -1.04. The van der Waals surface area contributed by atoms with Crippen molar-refractivity contribution in [3.8, 4) is 11.5 Å². The van der Waals surface area contributed by atoms with E-state index in [0.717, 1.165) is 6.07 Å². The van der Waals surface area contributed by atoms with Crippen LogP contribution in [-0.4, -0.2) is 33.0 Å². The molecule has 0 aliphatic heterocycles. The van der Waals surface area contributed by atoms with Gasteiger partial charge in [0.1, 0.15) is 11.9 Å².